The number of hydrogen-bond donors (Lipinski definition) is 1. The molecule has 0 bridgehead atoms. The minimum atomic E-state index is -0.998. The predicted molar refractivity (Wildman–Crippen MR) is 81.0 cm³/mol. The summed E-state index contributed by atoms with van der Waals surface area (Å²) in [6.07, 6.45) is 2.47. The number of hydrogen-bond acceptors (Lipinski definition) is 3. The topological polar surface area (TPSA) is 59.4 Å². The Bertz CT molecular complexity index is 633. The molecule has 2 aromatic rings. The molecule has 21 heavy (non-hydrogen) atoms. The summed E-state index contributed by atoms with van der Waals surface area (Å²) in [5.74, 6) is -0.0830. The summed E-state index contributed by atoms with van der Waals surface area (Å²) in [7, 11) is 0. The van der Waals surface area contributed by atoms with Crippen molar-refractivity contribution in [3.8, 4) is 11.6 Å². The van der Waals surface area contributed by atoms with E-state index in [1.165, 1.54) is 23.9 Å². The molecular weight excluding hydrogens is 266 g/mol. The first kappa shape index (κ1) is 15.0. The van der Waals surface area contributed by atoms with Gasteiger partial charge in [-0.25, -0.2) is 9.78 Å². The molecule has 2 rings (SSSR count). The van der Waals surface area contributed by atoms with E-state index in [1.807, 2.05) is 24.3 Å². The number of carbonyl (C=O) groups is 1. The van der Waals surface area contributed by atoms with Crippen molar-refractivity contribution in [1.82, 2.24) is 4.98 Å². The van der Waals surface area contributed by atoms with Gasteiger partial charge in [-0.1, -0.05) is 32.9 Å². The van der Waals surface area contributed by atoms with Crippen LogP contribution in [0.5, 0.6) is 11.6 Å². The van der Waals surface area contributed by atoms with Crippen molar-refractivity contribution in [2.24, 2.45) is 0 Å². The molecular formula is C17H19NO3. The molecule has 0 fully saturated rings. The Balaban J connectivity index is 2.17. The molecule has 1 heterocycles. The van der Waals surface area contributed by atoms with E-state index in [9.17, 15) is 4.79 Å². The fourth-order valence-electron chi connectivity index (χ4n) is 1.90. The van der Waals surface area contributed by atoms with E-state index in [2.05, 4.69) is 25.8 Å². The lowest BCUT2D eigenvalue weighted by atomic mass is 9.82. The van der Waals surface area contributed by atoms with Gasteiger partial charge < -0.3 is 9.84 Å². The molecule has 1 N–H and O–H groups in total. The average molecular weight is 285 g/mol. The van der Waals surface area contributed by atoms with Crippen LogP contribution in [0.3, 0.4) is 0 Å². The second-order valence-corrected chi connectivity index (χ2v) is 5.55. The van der Waals surface area contributed by atoms with Crippen molar-refractivity contribution < 1.29 is 14.6 Å². The fraction of sp³-hybridized carbons (Fsp3) is 0.294. The van der Waals surface area contributed by atoms with Gasteiger partial charge in [-0.15, -0.1) is 0 Å². The third-order valence-electron chi connectivity index (χ3n) is 3.72. The number of nitrogens with zero attached hydrogens (tertiary/aromatic N) is 1. The first-order chi connectivity index (χ1) is 9.92. The van der Waals surface area contributed by atoms with Crippen LogP contribution in [0.1, 0.15) is 43.1 Å². The smallest absolute Gasteiger partial charge is 0.335 e. The van der Waals surface area contributed by atoms with Crippen LogP contribution in [0.2, 0.25) is 0 Å². The molecule has 0 radical (unpaired) electrons. The van der Waals surface area contributed by atoms with Gasteiger partial charge in [-0.2, -0.15) is 0 Å². The van der Waals surface area contributed by atoms with Gasteiger partial charge in [-0.3, -0.25) is 0 Å². The van der Waals surface area contributed by atoms with Crippen LogP contribution in [0.4, 0.5) is 0 Å². The van der Waals surface area contributed by atoms with Crippen molar-refractivity contribution >= 4 is 5.97 Å². The van der Waals surface area contributed by atoms with E-state index < -0.39 is 5.97 Å². The van der Waals surface area contributed by atoms with Gasteiger partial charge in [0.05, 0.1) is 5.56 Å². The Morgan fingerprint density at radius 3 is 2.48 bits per heavy atom. The highest BCUT2D eigenvalue weighted by atomic mass is 16.5. The number of aromatic nitrogens is 1. The van der Waals surface area contributed by atoms with Crippen molar-refractivity contribution in [3.63, 3.8) is 0 Å². The standard InChI is InChI=1S/C17H19NO3/c1-4-17(2,3)13-5-7-14(8-6-13)21-15-11-12(16(19)20)9-10-18-15/h5-11H,4H2,1-3H3,(H,19,20). The zero-order chi connectivity index (χ0) is 15.5. The Labute approximate surface area is 124 Å². The normalized spacial score (nSPS) is 11.2. The lowest BCUT2D eigenvalue weighted by molar-refractivity contribution is 0.0696. The van der Waals surface area contributed by atoms with Crippen molar-refractivity contribution in [1.29, 1.82) is 0 Å². The molecule has 4 nitrogen and oxygen atoms in total. The molecule has 0 aliphatic heterocycles. The monoisotopic (exact) mass is 285 g/mol. The highest BCUT2D eigenvalue weighted by Gasteiger charge is 2.17. The number of benzene rings is 1. The van der Waals surface area contributed by atoms with E-state index in [4.69, 9.17) is 9.84 Å². The molecule has 0 atom stereocenters. The summed E-state index contributed by atoms with van der Waals surface area (Å²) in [4.78, 5) is 14.9. The largest absolute Gasteiger partial charge is 0.478 e. The SMILES string of the molecule is CCC(C)(C)c1ccc(Oc2cc(C(=O)O)ccn2)cc1. The molecule has 0 amide bonds. The first-order valence-electron chi connectivity index (χ1n) is 6.90. The van der Waals surface area contributed by atoms with Gasteiger partial charge >= 0.3 is 5.97 Å². The Kier molecular flexibility index (Phi) is 4.26. The predicted octanol–water partition coefficient (Wildman–Crippen LogP) is 4.26. The van der Waals surface area contributed by atoms with Gasteiger partial charge in [0.1, 0.15) is 5.75 Å². The number of rotatable bonds is 5. The Hall–Kier alpha value is -2.36. The fourth-order valence-corrected chi connectivity index (χ4v) is 1.90. The third kappa shape index (κ3) is 3.60. The molecule has 0 unspecified atom stereocenters. The quantitative estimate of drug-likeness (QED) is 0.891. The maximum atomic E-state index is 10.9. The lowest BCUT2D eigenvalue weighted by Gasteiger charge is -2.23. The number of pyridine rings is 1. The van der Waals surface area contributed by atoms with Gasteiger partial charge in [0, 0.05) is 12.3 Å². The van der Waals surface area contributed by atoms with Crippen LogP contribution >= 0.6 is 0 Å². The second-order valence-electron chi connectivity index (χ2n) is 5.55. The highest BCUT2D eigenvalue weighted by molar-refractivity contribution is 5.87. The average Bonchev–Trinajstić information content (AvgIpc) is 2.48. The number of ether oxygens (including phenoxy) is 1. The van der Waals surface area contributed by atoms with E-state index in [1.54, 1.807) is 0 Å². The van der Waals surface area contributed by atoms with Crippen LogP contribution in [-0.4, -0.2) is 16.1 Å². The third-order valence-corrected chi connectivity index (χ3v) is 3.72. The summed E-state index contributed by atoms with van der Waals surface area (Å²) in [6.45, 7) is 6.55. The van der Waals surface area contributed by atoms with E-state index >= 15 is 0 Å². The Morgan fingerprint density at radius 1 is 1.24 bits per heavy atom. The zero-order valence-electron chi connectivity index (χ0n) is 12.5. The number of carboxylic acid groups (broad SMARTS) is 1. The minimum Gasteiger partial charge on any atom is -0.478 e. The zero-order valence-corrected chi connectivity index (χ0v) is 12.5. The van der Waals surface area contributed by atoms with Gasteiger partial charge in [-0.05, 0) is 35.6 Å². The molecule has 0 aliphatic carbocycles. The van der Waals surface area contributed by atoms with E-state index in [0.717, 1.165) is 6.42 Å². The van der Waals surface area contributed by atoms with E-state index in [-0.39, 0.29) is 16.9 Å². The van der Waals surface area contributed by atoms with Gasteiger partial charge in [0.2, 0.25) is 5.88 Å². The Morgan fingerprint density at radius 2 is 1.90 bits per heavy atom. The summed E-state index contributed by atoms with van der Waals surface area (Å²) < 4.78 is 5.60. The molecule has 1 aromatic heterocycles. The maximum Gasteiger partial charge on any atom is 0.335 e. The van der Waals surface area contributed by atoms with Crippen LogP contribution in [0.25, 0.3) is 0 Å². The van der Waals surface area contributed by atoms with Crippen LogP contribution < -0.4 is 4.74 Å². The summed E-state index contributed by atoms with van der Waals surface area (Å²) in [6, 6.07) is 10.7. The highest BCUT2D eigenvalue weighted by Crippen LogP contribution is 2.29. The van der Waals surface area contributed by atoms with Gasteiger partial charge in [0.25, 0.3) is 0 Å². The molecule has 1 aromatic carbocycles. The van der Waals surface area contributed by atoms with Crippen LogP contribution in [0, 0.1) is 0 Å². The van der Waals surface area contributed by atoms with Crippen LogP contribution in [-0.2, 0) is 5.41 Å². The number of carboxylic acids is 1. The lowest BCUT2D eigenvalue weighted by Crippen LogP contribution is -2.14. The molecule has 0 saturated carbocycles. The summed E-state index contributed by atoms with van der Waals surface area (Å²) in [5, 5.41) is 8.95. The molecule has 110 valence electrons. The number of aromatic carboxylic acids is 1. The van der Waals surface area contributed by atoms with Crippen molar-refractivity contribution in [2.45, 2.75) is 32.6 Å². The van der Waals surface area contributed by atoms with Crippen molar-refractivity contribution in [2.75, 3.05) is 0 Å². The summed E-state index contributed by atoms with van der Waals surface area (Å²) >= 11 is 0. The maximum absolute atomic E-state index is 10.9. The molecule has 0 spiro atoms. The minimum absolute atomic E-state index is 0.125. The molecule has 0 aliphatic rings. The first-order valence-corrected chi connectivity index (χ1v) is 6.90. The van der Waals surface area contributed by atoms with Crippen molar-refractivity contribution in [3.05, 3.63) is 53.7 Å². The summed E-state index contributed by atoms with van der Waals surface area (Å²) in [5.41, 5.74) is 1.52. The van der Waals surface area contributed by atoms with E-state index in [0.29, 0.717) is 5.75 Å². The molecule has 4 heteroatoms. The second kappa shape index (κ2) is 5.95. The van der Waals surface area contributed by atoms with Gasteiger partial charge in [0.15, 0.2) is 0 Å². The van der Waals surface area contributed by atoms with Crippen LogP contribution in [0.15, 0.2) is 42.6 Å². The molecule has 0 saturated heterocycles.